The van der Waals surface area contributed by atoms with Crippen LogP contribution >= 0.6 is 0 Å². The molecule has 0 radical (unpaired) electrons. The van der Waals surface area contributed by atoms with Crippen LogP contribution in [0.25, 0.3) is 0 Å². The lowest BCUT2D eigenvalue weighted by Gasteiger charge is -2.31. The van der Waals surface area contributed by atoms with Crippen molar-refractivity contribution in [1.82, 2.24) is 15.5 Å². The van der Waals surface area contributed by atoms with Crippen LogP contribution < -0.4 is 15.4 Å². The van der Waals surface area contributed by atoms with E-state index in [1.54, 1.807) is 7.11 Å². The number of hydrogen-bond acceptors (Lipinski definition) is 4. The zero-order valence-electron chi connectivity index (χ0n) is 14.0. The van der Waals surface area contributed by atoms with Gasteiger partial charge in [-0.1, -0.05) is 19.4 Å². The van der Waals surface area contributed by atoms with E-state index in [0.29, 0.717) is 6.04 Å². The van der Waals surface area contributed by atoms with Crippen molar-refractivity contribution in [2.75, 3.05) is 39.8 Å². The standard InChI is InChI=1S/C18H29N3O/c1-3-4-17-16-12-18(22-2)15(11-14(16)5-6-20-17)13-21-9-7-19-8-10-21/h11-12,17,19-20H,3-10,13H2,1-2H3. The molecule has 4 heteroatoms. The van der Waals surface area contributed by atoms with Crippen molar-refractivity contribution in [3.8, 4) is 5.75 Å². The summed E-state index contributed by atoms with van der Waals surface area (Å²) >= 11 is 0. The number of fused-ring (bicyclic) bond motifs is 1. The minimum atomic E-state index is 0.496. The van der Waals surface area contributed by atoms with Crippen molar-refractivity contribution in [1.29, 1.82) is 0 Å². The maximum absolute atomic E-state index is 5.71. The van der Waals surface area contributed by atoms with Crippen LogP contribution in [0.4, 0.5) is 0 Å². The van der Waals surface area contributed by atoms with Crippen LogP contribution in [0.15, 0.2) is 12.1 Å². The molecule has 2 aliphatic rings. The van der Waals surface area contributed by atoms with Crippen LogP contribution in [0.2, 0.25) is 0 Å². The van der Waals surface area contributed by atoms with Crippen LogP contribution in [0, 0.1) is 0 Å². The van der Waals surface area contributed by atoms with Gasteiger partial charge in [0.1, 0.15) is 5.75 Å². The molecular formula is C18H29N3O. The van der Waals surface area contributed by atoms with Crippen molar-refractivity contribution in [3.05, 3.63) is 28.8 Å². The van der Waals surface area contributed by atoms with E-state index in [1.807, 2.05) is 0 Å². The molecule has 0 aliphatic carbocycles. The molecule has 3 rings (SSSR count). The van der Waals surface area contributed by atoms with Gasteiger partial charge < -0.3 is 15.4 Å². The topological polar surface area (TPSA) is 36.5 Å². The second kappa shape index (κ2) is 7.44. The second-order valence-corrected chi connectivity index (χ2v) is 6.43. The summed E-state index contributed by atoms with van der Waals surface area (Å²) in [6.45, 7) is 8.79. The van der Waals surface area contributed by atoms with Crippen LogP contribution in [-0.4, -0.2) is 44.7 Å². The van der Waals surface area contributed by atoms with E-state index in [-0.39, 0.29) is 0 Å². The molecule has 1 aromatic carbocycles. The van der Waals surface area contributed by atoms with Gasteiger partial charge in [0, 0.05) is 44.3 Å². The lowest BCUT2D eigenvalue weighted by atomic mass is 9.89. The molecule has 1 atom stereocenters. The van der Waals surface area contributed by atoms with Gasteiger partial charge in [-0.15, -0.1) is 0 Å². The number of benzene rings is 1. The largest absolute Gasteiger partial charge is 0.496 e. The van der Waals surface area contributed by atoms with Crippen LogP contribution in [0.1, 0.15) is 42.5 Å². The van der Waals surface area contributed by atoms with Crippen molar-refractivity contribution in [2.45, 2.75) is 38.8 Å². The lowest BCUT2D eigenvalue weighted by molar-refractivity contribution is 0.230. The first-order valence-corrected chi connectivity index (χ1v) is 8.68. The first kappa shape index (κ1) is 15.8. The maximum atomic E-state index is 5.71. The molecule has 4 nitrogen and oxygen atoms in total. The lowest BCUT2D eigenvalue weighted by Crippen LogP contribution is -2.43. The fourth-order valence-electron chi connectivity index (χ4n) is 3.69. The van der Waals surface area contributed by atoms with E-state index in [0.717, 1.165) is 51.4 Å². The molecule has 0 amide bonds. The molecular weight excluding hydrogens is 274 g/mol. The van der Waals surface area contributed by atoms with E-state index in [4.69, 9.17) is 4.74 Å². The maximum Gasteiger partial charge on any atom is 0.123 e. The van der Waals surface area contributed by atoms with Gasteiger partial charge in [-0.2, -0.15) is 0 Å². The second-order valence-electron chi connectivity index (χ2n) is 6.43. The van der Waals surface area contributed by atoms with Gasteiger partial charge in [-0.05, 0) is 36.6 Å². The quantitative estimate of drug-likeness (QED) is 0.873. The fraction of sp³-hybridized carbons (Fsp3) is 0.667. The summed E-state index contributed by atoms with van der Waals surface area (Å²) in [6.07, 6.45) is 3.54. The molecule has 1 aromatic rings. The van der Waals surface area contributed by atoms with E-state index in [1.165, 1.54) is 29.5 Å². The third kappa shape index (κ3) is 3.45. The van der Waals surface area contributed by atoms with Crippen LogP contribution in [0.3, 0.4) is 0 Å². The first-order valence-electron chi connectivity index (χ1n) is 8.68. The average Bonchev–Trinajstić information content (AvgIpc) is 2.56. The number of piperazine rings is 1. The summed E-state index contributed by atoms with van der Waals surface area (Å²) in [5, 5.41) is 7.07. The van der Waals surface area contributed by atoms with Crippen molar-refractivity contribution in [3.63, 3.8) is 0 Å². The SMILES string of the molecule is CCCC1NCCc2cc(CN3CCNCC3)c(OC)cc21. The highest BCUT2D eigenvalue weighted by molar-refractivity contribution is 5.45. The van der Waals surface area contributed by atoms with Gasteiger partial charge in [0.25, 0.3) is 0 Å². The van der Waals surface area contributed by atoms with Gasteiger partial charge in [0.15, 0.2) is 0 Å². The summed E-state index contributed by atoms with van der Waals surface area (Å²) in [5.41, 5.74) is 4.32. The van der Waals surface area contributed by atoms with Gasteiger partial charge >= 0.3 is 0 Å². The fourth-order valence-corrected chi connectivity index (χ4v) is 3.69. The number of methoxy groups -OCH3 is 1. The Balaban J connectivity index is 1.84. The highest BCUT2D eigenvalue weighted by atomic mass is 16.5. The summed E-state index contributed by atoms with van der Waals surface area (Å²) < 4.78 is 5.71. The molecule has 1 unspecified atom stereocenters. The molecule has 0 saturated carbocycles. The Labute approximate surface area is 134 Å². The number of nitrogens with one attached hydrogen (secondary N) is 2. The Morgan fingerprint density at radius 2 is 2.05 bits per heavy atom. The van der Waals surface area contributed by atoms with Gasteiger partial charge in [0.2, 0.25) is 0 Å². The van der Waals surface area contributed by atoms with E-state index in [9.17, 15) is 0 Å². The molecule has 0 spiro atoms. The molecule has 1 fully saturated rings. The highest BCUT2D eigenvalue weighted by Crippen LogP contribution is 2.33. The van der Waals surface area contributed by atoms with Crippen LogP contribution in [-0.2, 0) is 13.0 Å². The summed E-state index contributed by atoms with van der Waals surface area (Å²) in [4.78, 5) is 2.52. The van der Waals surface area contributed by atoms with E-state index >= 15 is 0 Å². The minimum Gasteiger partial charge on any atom is -0.496 e. The number of nitrogens with zero attached hydrogens (tertiary/aromatic N) is 1. The van der Waals surface area contributed by atoms with Gasteiger partial charge in [0.05, 0.1) is 7.11 Å². The highest BCUT2D eigenvalue weighted by Gasteiger charge is 2.22. The zero-order valence-corrected chi connectivity index (χ0v) is 14.0. The molecule has 0 aromatic heterocycles. The third-order valence-corrected chi connectivity index (χ3v) is 4.88. The average molecular weight is 303 g/mol. The van der Waals surface area contributed by atoms with Gasteiger partial charge in [-0.25, -0.2) is 0 Å². The van der Waals surface area contributed by atoms with Gasteiger partial charge in [-0.3, -0.25) is 4.90 Å². The summed E-state index contributed by atoms with van der Waals surface area (Å²) in [5.74, 6) is 1.06. The predicted octanol–water partition coefficient (Wildman–Crippen LogP) is 2.09. The zero-order chi connectivity index (χ0) is 15.4. The Kier molecular flexibility index (Phi) is 5.34. The predicted molar refractivity (Wildman–Crippen MR) is 90.5 cm³/mol. The van der Waals surface area contributed by atoms with E-state index < -0.39 is 0 Å². The molecule has 2 N–H and O–H groups in total. The monoisotopic (exact) mass is 303 g/mol. The molecule has 2 heterocycles. The molecule has 2 aliphatic heterocycles. The molecule has 122 valence electrons. The Bertz CT molecular complexity index is 497. The molecule has 1 saturated heterocycles. The summed E-state index contributed by atoms with van der Waals surface area (Å²) in [6, 6.07) is 5.19. The Morgan fingerprint density at radius 1 is 1.23 bits per heavy atom. The Morgan fingerprint density at radius 3 is 2.77 bits per heavy atom. The summed E-state index contributed by atoms with van der Waals surface area (Å²) in [7, 11) is 1.80. The van der Waals surface area contributed by atoms with Crippen molar-refractivity contribution < 1.29 is 4.74 Å². The smallest absolute Gasteiger partial charge is 0.123 e. The first-order chi connectivity index (χ1) is 10.8. The normalized spacial score (nSPS) is 22.4. The van der Waals surface area contributed by atoms with Crippen LogP contribution in [0.5, 0.6) is 5.75 Å². The van der Waals surface area contributed by atoms with E-state index in [2.05, 4.69) is 34.6 Å². The van der Waals surface area contributed by atoms with Crippen molar-refractivity contribution >= 4 is 0 Å². The molecule has 0 bridgehead atoms. The minimum absolute atomic E-state index is 0.496. The van der Waals surface area contributed by atoms with Crippen molar-refractivity contribution in [2.24, 2.45) is 0 Å². The number of rotatable bonds is 5. The third-order valence-electron chi connectivity index (χ3n) is 4.88. The Hall–Kier alpha value is -1.10. The number of hydrogen-bond donors (Lipinski definition) is 2. The molecule has 22 heavy (non-hydrogen) atoms. The number of ether oxygens (including phenoxy) is 1.